The molecule has 0 spiro atoms. The summed E-state index contributed by atoms with van der Waals surface area (Å²) in [6, 6.07) is 9.53. The van der Waals surface area contributed by atoms with E-state index in [1.165, 1.54) is 24.5 Å². The van der Waals surface area contributed by atoms with Crippen molar-refractivity contribution in [1.29, 1.82) is 0 Å². The Hall–Kier alpha value is -3.24. The first-order valence-corrected chi connectivity index (χ1v) is 11.0. The van der Waals surface area contributed by atoms with Crippen molar-refractivity contribution in [2.45, 2.75) is 44.2 Å². The number of benzene rings is 1. The normalized spacial score (nSPS) is 12.4. The van der Waals surface area contributed by atoms with Gasteiger partial charge in [0.2, 0.25) is 21.8 Å². The molecule has 0 aliphatic rings. The first-order chi connectivity index (χ1) is 14.6. The Morgan fingerprint density at radius 2 is 1.87 bits per heavy atom. The third-order valence-electron chi connectivity index (χ3n) is 4.16. The van der Waals surface area contributed by atoms with E-state index in [4.69, 9.17) is 8.94 Å². The minimum absolute atomic E-state index is 0.0643. The minimum Gasteiger partial charge on any atom is -0.468 e. The maximum Gasteiger partial charge on any atom is 0.244 e. The van der Waals surface area contributed by atoms with Crippen LogP contribution < -0.4 is 10.0 Å². The van der Waals surface area contributed by atoms with E-state index in [-0.39, 0.29) is 29.3 Å². The van der Waals surface area contributed by atoms with Crippen LogP contribution in [0.4, 0.5) is 0 Å². The molecule has 3 rings (SSSR count). The molecule has 0 bridgehead atoms. The summed E-state index contributed by atoms with van der Waals surface area (Å²) in [6.45, 7) is 6.07. The van der Waals surface area contributed by atoms with Crippen molar-refractivity contribution in [2.24, 2.45) is 0 Å². The van der Waals surface area contributed by atoms with E-state index in [0.29, 0.717) is 23.0 Å². The zero-order valence-corrected chi connectivity index (χ0v) is 18.3. The van der Waals surface area contributed by atoms with Crippen LogP contribution in [0.2, 0.25) is 0 Å². The molecule has 1 amide bonds. The van der Waals surface area contributed by atoms with Gasteiger partial charge in [0.1, 0.15) is 5.76 Å². The Morgan fingerprint density at radius 3 is 2.48 bits per heavy atom. The van der Waals surface area contributed by atoms with Gasteiger partial charge in [0.25, 0.3) is 0 Å². The van der Waals surface area contributed by atoms with Gasteiger partial charge in [-0.25, -0.2) is 13.1 Å². The number of aromatic nitrogens is 2. The average Bonchev–Trinajstić information content (AvgIpc) is 3.41. The highest BCUT2D eigenvalue weighted by atomic mass is 32.2. The van der Waals surface area contributed by atoms with Crippen LogP contribution in [0.5, 0.6) is 0 Å². The minimum atomic E-state index is -3.67. The number of carbonyl (C=O) groups excluding carboxylic acids is 1. The quantitative estimate of drug-likeness (QED) is 0.511. The highest BCUT2D eigenvalue weighted by molar-refractivity contribution is 7.89. The second-order valence-corrected chi connectivity index (χ2v) is 9.56. The standard InChI is InChI=1S/C21H24N4O5S/c1-21(2,3)20-24-18(25-30-20)14-22-19(26)11-8-15-6-9-17(10-7-15)31(27,28)23-13-16-5-4-12-29-16/h4-12,23H,13-14H2,1-3H3,(H,22,26)/b11-8+. The third kappa shape index (κ3) is 6.37. The van der Waals surface area contributed by atoms with E-state index < -0.39 is 10.0 Å². The summed E-state index contributed by atoms with van der Waals surface area (Å²) < 4.78 is 37.4. The molecule has 2 heterocycles. The highest BCUT2D eigenvalue weighted by Gasteiger charge is 2.21. The van der Waals surface area contributed by atoms with E-state index in [1.807, 2.05) is 20.8 Å². The van der Waals surface area contributed by atoms with Gasteiger partial charge in [-0.1, -0.05) is 38.1 Å². The number of nitrogens with one attached hydrogen (secondary N) is 2. The molecule has 0 atom stereocenters. The second kappa shape index (κ2) is 9.27. The maximum absolute atomic E-state index is 12.3. The molecule has 10 heteroatoms. The number of nitrogens with zero attached hydrogens (tertiary/aromatic N) is 2. The molecular formula is C21H24N4O5S. The zero-order chi connectivity index (χ0) is 22.5. The lowest BCUT2D eigenvalue weighted by Crippen LogP contribution is -2.22. The Labute approximate surface area is 180 Å². The molecule has 2 aromatic heterocycles. The lowest BCUT2D eigenvalue weighted by molar-refractivity contribution is -0.116. The predicted octanol–water partition coefficient (Wildman–Crippen LogP) is 2.77. The van der Waals surface area contributed by atoms with Crippen molar-refractivity contribution in [3.05, 3.63) is 71.8 Å². The molecule has 1 aromatic carbocycles. The van der Waals surface area contributed by atoms with E-state index in [9.17, 15) is 13.2 Å². The van der Waals surface area contributed by atoms with Gasteiger partial charge < -0.3 is 14.3 Å². The molecule has 0 fully saturated rings. The summed E-state index contributed by atoms with van der Waals surface area (Å²) in [4.78, 5) is 16.4. The topological polar surface area (TPSA) is 127 Å². The van der Waals surface area contributed by atoms with E-state index in [2.05, 4.69) is 20.2 Å². The van der Waals surface area contributed by atoms with Crippen molar-refractivity contribution in [2.75, 3.05) is 0 Å². The van der Waals surface area contributed by atoms with Crippen LogP contribution in [-0.4, -0.2) is 24.5 Å². The highest BCUT2D eigenvalue weighted by Crippen LogP contribution is 2.19. The molecule has 0 aliphatic carbocycles. The molecule has 0 aliphatic heterocycles. The fraction of sp³-hybridized carbons (Fsp3) is 0.286. The van der Waals surface area contributed by atoms with Gasteiger partial charge >= 0.3 is 0 Å². The number of furan rings is 1. The Bertz CT molecular complexity index is 1140. The maximum atomic E-state index is 12.3. The van der Waals surface area contributed by atoms with E-state index in [0.717, 1.165) is 0 Å². The van der Waals surface area contributed by atoms with Gasteiger partial charge in [-0.15, -0.1) is 0 Å². The molecule has 164 valence electrons. The largest absolute Gasteiger partial charge is 0.468 e. The summed E-state index contributed by atoms with van der Waals surface area (Å²) in [7, 11) is -3.67. The van der Waals surface area contributed by atoms with Gasteiger partial charge in [-0.05, 0) is 35.9 Å². The van der Waals surface area contributed by atoms with Crippen molar-refractivity contribution in [1.82, 2.24) is 20.2 Å². The van der Waals surface area contributed by atoms with Gasteiger partial charge in [0, 0.05) is 11.5 Å². The fourth-order valence-electron chi connectivity index (χ4n) is 2.45. The molecule has 9 nitrogen and oxygen atoms in total. The average molecular weight is 445 g/mol. The van der Waals surface area contributed by atoms with Gasteiger partial charge in [0.15, 0.2) is 5.82 Å². The number of hydrogen-bond acceptors (Lipinski definition) is 7. The second-order valence-electron chi connectivity index (χ2n) is 7.79. The zero-order valence-electron chi connectivity index (χ0n) is 17.5. The molecule has 0 unspecified atom stereocenters. The molecule has 2 N–H and O–H groups in total. The molecule has 0 saturated carbocycles. The van der Waals surface area contributed by atoms with Crippen LogP contribution >= 0.6 is 0 Å². The van der Waals surface area contributed by atoms with Gasteiger partial charge in [-0.2, -0.15) is 4.98 Å². The monoisotopic (exact) mass is 444 g/mol. The first-order valence-electron chi connectivity index (χ1n) is 9.54. The Kier molecular flexibility index (Phi) is 6.71. The van der Waals surface area contributed by atoms with Crippen molar-refractivity contribution < 1.29 is 22.2 Å². The summed E-state index contributed by atoms with van der Waals surface area (Å²) >= 11 is 0. The van der Waals surface area contributed by atoms with Crippen LogP contribution in [0, 0.1) is 0 Å². The fourth-order valence-corrected chi connectivity index (χ4v) is 3.44. The number of amides is 1. The Balaban J connectivity index is 1.52. The number of carbonyl (C=O) groups is 1. The first kappa shape index (κ1) is 22.4. The molecule has 31 heavy (non-hydrogen) atoms. The summed E-state index contributed by atoms with van der Waals surface area (Å²) in [5.74, 6) is 1.08. The molecule has 0 saturated heterocycles. The SMILES string of the molecule is CC(C)(C)c1nc(CNC(=O)/C=C/c2ccc(S(=O)(=O)NCc3ccco3)cc2)no1. The van der Waals surface area contributed by atoms with Crippen molar-refractivity contribution >= 4 is 22.0 Å². The van der Waals surface area contributed by atoms with Crippen LogP contribution in [-0.2, 0) is 33.3 Å². The molecule has 0 radical (unpaired) electrons. The number of rotatable bonds is 8. The van der Waals surface area contributed by atoms with E-state index in [1.54, 1.807) is 30.3 Å². The third-order valence-corrected chi connectivity index (χ3v) is 5.58. The van der Waals surface area contributed by atoms with Crippen LogP contribution in [0.3, 0.4) is 0 Å². The molecular weight excluding hydrogens is 420 g/mol. The van der Waals surface area contributed by atoms with Gasteiger partial charge in [0.05, 0.1) is 24.2 Å². The summed E-state index contributed by atoms with van der Waals surface area (Å²) in [6.07, 6.45) is 4.41. The summed E-state index contributed by atoms with van der Waals surface area (Å²) in [5.41, 5.74) is 0.415. The van der Waals surface area contributed by atoms with Crippen molar-refractivity contribution in [3.8, 4) is 0 Å². The lowest BCUT2D eigenvalue weighted by atomic mass is 9.97. The number of hydrogen-bond donors (Lipinski definition) is 2. The van der Waals surface area contributed by atoms with E-state index >= 15 is 0 Å². The summed E-state index contributed by atoms with van der Waals surface area (Å²) in [5, 5.41) is 6.52. The van der Waals surface area contributed by atoms with Crippen LogP contribution in [0.15, 0.2) is 62.6 Å². The van der Waals surface area contributed by atoms with Crippen molar-refractivity contribution in [3.63, 3.8) is 0 Å². The smallest absolute Gasteiger partial charge is 0.244 e. The molecule has 3 aromatic rings. The Morgan fingerprint density at radius 1 is 1.13 bits per heavy atom. The predicted molar refractivity (Wildman–Crippen MR) is 113 cm³/mol. The van der Waals surface area contributed by atoms with Crippen LogP contribution in [0.25, 0.3) is 6.08 Å². The number of sulfonamides is 1. The van der Waals surface area contributed by atoms with Gasteiger partial charge in [-0.3, -0.25) is 4.79 Å². The van der Waals surface area contributed by atoms with Crippen LogP contribution in [0.1, 0.15) is 43.8 Å². The lowest BCUT2D eigenvalue weighted by Gasteiger charge is -2.10.